The van der Waals surface area contributed by atoms with Crippen LogP contribution in [0.3, 0.4) is 0 Å². The van der Waals surface area contributed by atoms with E-state index in [1.807, 2.05) is 18.2 Å². The molecule has 0 saturated carbocycles. The lowest BCUT2D eigenvalue weighted by Gasteiger charge is -2.15. The molecule has 2 aromatic rings. The van der Waals surface area contributed by atoms with Crippen LogP contribution in [-0.4, -0.2) is 6.18 Å². The van der Waals surface area contributed by atoms with Crippen LogP contribution in [0.5, 0.6) is 11.5 Å². The second-order valence-electron chi connectivity index (χ2n) is 4.41. The molecule has 0 radical (unpaired) electrons. The zero-order valence-electron chi connectivity index (χ0n) is 10.6. The van der Waals surface area contributed by atoms with E-state index in [0.29, 0.717) is 17.1 Å². The van der Waals surface area contributed by atoms with Crippen molar-refractivity contribution < 1.29 is 17.9 Å². The van der Waals surface area contributed by atoms with E-state index in [1.54, 1.807) is 30.3 Å². The van der Waals surface area contributed by atoms with Crippen LogP contribution in [0.4, 0.5) is 13.2 Å². The Morgan fingerprint density at radius 1 is 0.950 bits per heavy atom. The van der Waals surface area contributed by atoms with Crippen LogP contribution in [0.1, 0.15) is 18.0 Å². The lowest BCUT2D eigenvalue weighted by molar-refractivity contribution is -0.138. The van der Waals surface area contributed by atoms with Crippen LogP contribution >= 0.6 is 0 Å². The van der Waals surface area contributed by atoms with Gasteiger partial charge in [-0.25, -0.2) is 0 Å². The minimum atomic E-state index is -4.28. The summed E-state index contributed by atoms with van der Waals surface area (Å²) < 4.78 is 42.5. The lowest BCUT2D eigenvalue weighted by atomic mass is 10.0. The molecule has 2 nitrogen and oxygen atoms in total. The van der Waals surface area contributed by atoms with Crippen molar-refractivity contribution in [1.82, 2.24) is 0 Å². The highest BCUT2D eigenvalue weighted by atomic mass is 19.4. The molecule has 0 aliphatic carbocycles. The summed E-state index contributed by atoms with van der Waals surface area (Å²) in [6, 6.07) is 14.3. The van der Waals surface area contributed by atoms with E-state index >= 15 is 0 Å². The summed E-state index contributed by atoms with van der Waals surface area (Å²) >= 11 is 0. The zero-order valence-corrected chi connectivity index (χ0v) is 10.6. The van der Waals surface area contributed by atoms with Gasteiger partial charge in [-0.05, 0) is 29.8 Å². The first-order valence-corrected chi connectivity index (χ1v) is 6.09. The Morgan fingerprint density at radius 3 is 2.25 bits per heavy atom. The van der Waals surface area contributed by atoms with Gasteiger partial charge in [0.05, 0.1) is 6.42 Å². The van der Waals surface area contributed by atoms with Crippen molar-refractivity contribution >= 4 is 0 Å². The van der Waals surface area contributed by atoms with Crippen LogP contribution in [0.15, 0.2) is 54.6 Å². The molecule has 0 amide bonds. The summed E-state index contributed by atoms with van der Waals surface area (Å²) in [5.74, 6) is 1.08. The molecule has 2 N–H and O–H groups in total. The summed E-state index contributed by atoms with van der Waals surface area (Å²) in [7, 11) is 0. The monoisotopic (exact) mass is 281 g/mol. The van der Waals surface area contributed by atoms with E-state index in [1.165, 1.54) is 6.07 Å². The van der Waals surface area contributed by atoms with Gasteiger partial charge in [-0.15, -0.1) is 0 Å². The molecular weight excluding hydrogens is 267 g/mol. The van der Waals surface area contributed by atoms with Gasteiger partial charge in [0.25, 0.3) is 0 Å². The predicted molar refractivity (Wildman–Crippen MR) is 70.6 cm³/mol. The molecule has 2 rings (SSSR count). The molecule has 0 fully saturated rings. The molecule has 106 valence electrons. The number of hydrogen-bond donors (Lipinski definition) is 1. The number of nitrogens with two attached hydrogens (primary N) is 1. The highest BCUT2D eigenvalue weighted by Gasteiger charge is 2.30. The van der Waals surface area contributed by atoms with Gasteiger partial charge >= 0.3 is 6.18 Å². The third kappa shape index (κ3) is 4.28. The quantitative estimate of drug-likeness (QED) is 0.899. The molecule has 0 unspecified atom stereocenters. The number of rotatable bonds is 4. The van der Waals surface area contributed by atoms with Gasteiger partial charge in [-0.3, -0.25) is 0 Å². The Bertz CT molecular complexity index is 555. The van der Waals surface area contributed by atoms with Gasteiger partial charge in [-0.1, -0.05) is 30.3 Å². The highest BCUT2D eigenvalue weighted by molar-refractivity contribution is 5.35. The highest BCUT2D eigenvalue weighted by Crippen LogP contribution is 2.30. The summed E-state index contributed by atoms with van der Waals surface area (Å²) in [5, 5.41) is 0. The van der Waals surface area contributed by atoms with Crippen molar-refractivity contribution in [2.24, 2.45) is 5.73 Å². The second-order valence-corrected chi connectivity index (χ2v) is 4.41. The first-order valence-electron chi connectivity index (χ1n) is 6.09. The molecule has 1 atom stereocenters. The van der Waals surface area contributed by atoms with Crippen LogP contribution in [-0.2, 0) is 0 Å². The molecular formula is C15H14F3NO. The smallest absolute Gasteiger partial charge is 0.390 e. The molecule has 0 bridgehead atoms. The Labute approximate surface area is 115 Å². The van der Waals surface area contributed by atoms with Gasteiger partial charge in [0, 0.05) is 6.04 Å². The maximum atomic E-state index is 12.3. The fourth-order valence-electron chi connectivity index (χ4n) is 1.80. The lowest BCUT2D eigenvalue weighted by Crippen LogP contribution is -2.20. The molecule has 0 spiro atoms. The Morgan fingerprint density at radius 2 is 1.60 bits per heavy atom. The third-order valence-corrected chi connectivity index (χ3v) is 2.72. The molecule has 0 aliphatic heterocycles. The fraction of sp³-hybridized carbons (Fsp3) is 0.200. The average molecular weight is 281 g/mol. The Kier molecular flexibility index (Phi) is 4.29. The van der Waals surface area contributed by atoms with Crippen molar-refractivity contribution in [3.63, 3.8) is 0 Å². The minimum Gasteiger partial charge on any atom is -0.457 e. The number of alkyl halides is 3. The summed E-state index contributed by atoms with van der Waals surface area (Å²) in [6.45, 7) is 0. The average Bonchev–Trinajstić information content (AvgIpc) is 2.38. The minimum absolute atomic E-state index is 0.399. The SMILES string of the molecule is N[C@H](CC(F)(F)F)c1cccc(Oc2ccccc2)c1. The molecule has 5 heteroatoms. The summed E-state index contributed by atoms with van der Waals surface area (Å²) in [6.07, 6.45) is -5.34. The van der Waals surface area contributed by atoms with Crippen molar-refractivity contribution in [2.75, 3.05) is 0 Å². The maximum Gasteiger partial charge on any atom is 0.390 e. The van der Waals surface area contributed by atoms with E-state index in [-0.39, 0.29) is 0 Å². The number of ether oxygens (including phenoxy) is 1. The van der Waals surface area contributed by atoms with Gasteiger partial charge < -0.3 is 10.5 Å². The van der Waals surface area contributed by atoms with Gasteiger partial charge in [0.15, 0.2) is 0 Å². The second kappa shape index (κ2) is 5.96. The first kappa shape index (κ1) is 14.4. The van der Waals surface area contributed by atoms with Crippen molar-refractivity contribution in [1.29, 1.82) is 0 Å². The molecule has 0 heterocycles. The van der Waals surface area contributed by atoms with Gasteiger partial charge in [0.1, 0.15) is 11.5 Å². The van der Waals surface area contributed by atoms with Crippen LogP contribution in [0.2, 0.25) is 0 Å². The van der Waals surface area contributed by atoms with Gasteiger partial charge in [0.2, 0.25) is 0 Å². The fourth-order valence-corrected chi connectivity index (χ4v) is 1.80. The Hall–Kier alpha value is -2.01. The van der Waals surface area contributed by atoms with Crippen molar-refractivity contribution in [2.45, 2.75) is 18.6 Å². The van der Waals surface area contributed by atoms with E-state index in [4.69, 9.17) is 10.5 Å². The number of hydrogen-bond acceptors (Lipinski definition) is 2. The van der Waals surface area contributed by atoms with Crippen LogP contribution < -0.4 is 10.5 Å². The van der Waals surface area contributed by atoms with Crippen LogP contribution in [0.25, 0.3) is 0 Å². The predicted octanol–water partition coefficient (Wildman–Crippen LogP) is 4.43. The standard InChI is InChI=1S/C15H14F3NO/c16-15(17,18)10-14(19)11-5-4-8-13(9-11)20-12-6-2-1-3-7-12/h1-9,14H,10,19H2/t14-/m1/s1. The molecule has 0 saturated heterocycles. The number of para-hydroxylation sites is 1. The number of halogens is 3. The largest absolute Gasteiger partial charge is 0.457 e. The maximum absolute atomic E-state index is 12.3. The summed E-state index contributed by atoms with van der Waals surface area (Å²) in [4.78, 5) is 0. The zero-order chi connectivity index (χ0) is 14.6. The third-order valence-electron chi connectivity index (χ3n) is 2.72. The van der Waals surface area contributed by atoms with E-state index in [0.717, 1.165) is 0 Å². The molecule has 0 aliphatic rings. The number of benzene rings is 2. The van der Waals surface area contributed by atoms with E-state index in [2.05, 4.69) is 0 Å². The van der Waals surface area contributed by atoms with Crippen molar-refractivity contribution in [3.05, 3.63) is 60.2 Å². The normalized spacial score (nSPS) is 13.0. The molecule has 2 aromatic carbocycles. The van der Waals surface area contributed by atoms with Crippen molar-refractivity contribution in [3.8, 4) is 11.5 Å². The van der Waals surface area contributed by atoms with Crippen LogP contribution in [0, 0.1) is 0 Å². The topological polar surface area (TPSA) is 35.2 Å². The van der Waals surface area contributed by atoms with Gasteiger partial charge in [-0.2, -0.15) is 13.2 Å². The van der Waals surface area contributed by atoms with E-state index < -0.39 is 18.6 Å². The first-order chi connectivity index (χ1) is 9.44. The summed E-state index contributed by atoms with van der Waals surface area (Å²) in [5.41, 5.74) is 5.97. The van der Waals surface area contributed by atoms with E-state index in [9.17, 15) is 13.2 Å². The molecule has 20 heavy (non-hydrogen) atoms. The Balaban J connectivity index is 2.12. The molecule has 0 aromatic heterocycles.